The smallest absolute Gasteiger partial charge is 0.302 e. The minimum Gasteiger partial charge on any atom is -0.466 e. The van der Waals surface area contributed by atoms with Gasteiger partial charge in [-0.25, -0.2) is 0 Å². The highest BCUT2D eigenvalue weighted by atomic mass is 35.5. The van der Waals surface area contributed by atoms with Gasteiger partial charge in [-0.1, -0.05) is 12.2 Å². The summed E-state index contributed by atoms with van der Waals surface area (Å²) in [5.74, 6) is -0.230. The number of hydrogen-bond acceptors (Lipinski definition) is 3. The lowest BCUT2D eigenvalue weighted by Gasteiger charge is -2.19. The molecule has 0 N–H and O–H groups in total. The molecule has 1 aliphatic carbocycles. The predicted octanol–water partition coefficient (Wildman–Crippen LogP) is 1.64. The molecule has 3 rings (SSSR count). The molecule has 2 aliphatic heterocycles. The first-order chi connectivity index (χ1) is 7.08. The van der Waals surface area contributed by atoms with Crippen molar-refractivity contribution in [2.75, 3.05) is 6.61 Å². The molecule has 0 aromatic carbocycles. The van der Waals surface area contributed by atoms with E-state index >= 15 is 0 Å². The minimum atomic E-state index is -0.230. The van der Waals surface area contributed by atoms with Crippen LogP contribution in [0.25, 0.3) is 0 Å². The Hall–Kier alpha value is -0.540. The second-order valence-corrected chi connectivity index (χ2v) is 5.32. The number of ether oxygens (including phenoxy) is 2. The predicted molar refractivity (Wildman–Crippen MR) is 54.7 cm³/mol. The Morgan fingerprint density at radius 1 is 1.60 bits per heavy atom. The molecule has 2 heterocycles. The Labute approximate surface area is 93.4 Å². The van der Waals surface area contributed by atoms with Gasteiger partial charge >= 0.3 is 5.97 Å². The molecule has 4 heteroatoms. The third kappa shape index (κ3) is 1.08. The molecule has 3 nitrogen and oxygen atoms in total. The number of fused-ring (bicyclic) bond motifs is 5. The Morgan fingerprint density at radius 3 is 2.93 bits per heavy atom. The summed E-state index contributed by atoms with van der Waals surface area (Å²) < 4.78 is 10.7. The van der Waals surface area contributed by atoms with Gasteiger partial charge < -0.3 is 9.47 Å². The van der Waals surface area contributed by atoms with Crippen molar-refractivity contribution in [2.24, 2.45) is 5.41 Å². The van der Waals surface area contributed by atoms with E-state index in [9.17, 15) is 4.79 Å². The zero-order valence-electron chi connectivity index (χ0n) is 8.53. The van der Waals surface area contributed by atoms with Crippen molar-refractivity contribution < 1.29 is 14.3 Å². The summed E-state index contributed by atoms with van der Waals surface area (Å²) in [6.45, 7) is 1.87. The highest BCUT2D eigenvalue weighted by Crippen LogP contribution is 2.74. The van der Waals surface area contributed by atoms with E-state index in [4.69, 9.17) is 21.1 Å². The fourth-order valence-corrected chi connectivity index (χ4v) is 3.54. The zero-order chi connectivity index (χ0) is 10.7. The van der Waals surface area contributed by atoms with E-state index in [0.29, 0.717) is 6.61 Å². The average Bonchev–Trinajstić information content (AvgIpc) is 2.57. The second kappa shape index (κ2) is 2.77. The lowest BCUT2D eigenvalue weighted by molar-refractivity contribution is -0.141. The molecule has 0 radical (unpaired) electrons. The highest BCUT2D eigenvalue weighted by Gasteiger charge is 2.79. The quantitative estimate of drug-likeness (QED) is 0.419. The van der Waals surface area contributed by atoms with Crippen LogP contribution in [0.15, 0.2) is 12.2 Å². The van der Waals surface area contributed by atoms with Crippen molar-refractivity contribution in [3.63, 3.8) is 0 Å². The molecular weight excluding hydrogens is 216 g/mol. The van der Waals surface area contributed by atoms with E-state index in [-0.39, 0.29) is 28.5 Å². The summed E-state index contributed by atoms with van der Waals surface area (Å²) in [6, 6.07) is 0. The van der Waals surface area contributed by atoms with Crippen LogP contribution in [0.4, 0.5) is 0 Å². The fourth-order valence-electron chi connectivity index (χ4n) is 2.98. The molecular formula is C11H13ClO3. The standard InChI is InChI=1S/C11H13ClO3/c1-7(13)14-5-4-10-6-11(10,12)9-3-2-8(10)15-9/h2-3,8-9H,4-6H2,1H3/t8-,9+,10+,11+/m0/s1. The van der Waals surface area contributed by atoms with E-state index in [1.54, 1.807) is 0 Å². The van der Waals surface area contributed by atoms with Gasteiger partial charge in [-0.05, 0) is 12.8 Å². The maximum absolute atomic E-state index is 10.7. The maximum atomic E-state index is 10.7. The Kier molecular flexibility index (Phi) is 1.79. The Balaban J connectivity index is 1.68. The van der Waals surface area contributed by atoms with Gasteiger partial charge in [0.15, 0.2) is 0 Å². The van der Waals surface area contributed by atoms with Gasteiger partial charge in [0.25, 0.3) is 0 Å². The van der Waals surface area contributed by atoms with Crippen LogP contribution in [-0.4, -0.2) is 29.7 Å². The van der Waals surface area contributed by atoms with E-state index in [1.807, 2.05) is 0 Å². The average molecular weight is 229 g/mol. The van der Waals surface area contributed by atoms with E-state index in [0.717, 1.165) is 12.8 Å². The third-order valence-corrected chi connectivity index (χ3v) is 4.60. The molecule has 4 atom stereocenters. The first-order valence-corrected chi connectivity index (χ1v) is 5.62. The van der Waals surface area contributed by atoms with Crippen LogP contribution in [0.2, 0.25) is 0 Å². The topological polar surface area (TPSA) is 35.5 Å². The summed E-state index contributed by atoms with van der Waals surface area (Å²) in [4.78, 5) is 10.5. The summed E-state index contributed by atoms with van der Waals surface area (Å²) in [5.41, 5.74) is 0.0312. The maximum Gasteiger partial charge on any atom is 0.302 e. The van der Waals surface area contributed by atoms with Crippen LogP contribution in [-0.2, 0) is 14.3 Å². The van der Waals surface area contributed by atoms with Crippen LogP contribution in [0.3, 0.4) is 0 Å². The van der Waals surface area contributed by atoms with Crippen LogP contribution in [0, 0.1) is 5.41 Å². The van der Waals surface area contributed by atoms with Crippen molar-refractivity contribution in [3.8, 4) is 0 Å². The minimum absolute atomic E-state index is 0.0312. The van der Waals surface area contributed by atoms with Gasteiger partial charge in [0, 0.05) is 12.3 Å². The van der Waals surface area contributed by atoms with Gasteiger partial charge in [0.2, 0.25) is 0 Å². The molecule has 82 valence electrons. The molecule has 1 saturated carbocycles. The molecule has 2 bridgehead atoms. The van der Waals surface area contributed by atoms with Crippen LogP contribution < -0.4 is 0 Å². The number of esters is 1. The normalized spacial score (nSPS) is 49.2. The molecule has 3 aliphatic rings. The third-order valence-electron chi connectivity index (χ3n) is 3.88. The van der Waals surface area contributed by atoms with Gasteiger partial charge in [0.1, 0.15) is 0 Å². The van der Waals surface area contributed by atoms with Gasteiger partial charge in [-0.3, -0.25) is 4.79 Å². The summed E-state index contributed by atoms with van der Waals surface area (Å²) in [5, 5.41) is 0. The monoisotopic (exact) mass is 228 g/mol. The van der Waals surface area contributed by atoms with Crippen molar-refractivity contribution in [1.29, 1.82) is 0 Å². The molecule has 0 amide bonds. The van der Waals surface area contributed by atoms with Crippen molar-refractivity contribution in [2.45, 2.75) is 36.8 Å². The van der Waals surface area contributed by atoms with Crippen LogP contribution >= 0.6 is 11.6 Å². The first kappa shape index (κ1) is 9.67. The van der Waals surface area contributed by atoms with Crippen LogP contribution in [0.1, 0.15) is 19.8 Å². The first-order valence-electron chi connectivity index (χ1n) is 5.25. The number of carbonyl (C=O) groups excluding carboxylic acids is 1. The Bertz CT molecular complexity index is 354. The molecule has 1 saturated heterocycles. The Morgan fingerprint density at radius 2 is 2.33 bits per heavy atom. The molecule has 2 fully saturated rings. The van der Waals surface area contributed by atoms with Crippen molar-refractivity contribution >= 4 is 17.6 Å². The molecule has 0 aromatic heterocycles. The SMILES string of the molecule is CC(=O)OCC[C@]12C[C@@]1(Cl)[C@H]1C=C[C@@H]2O1. The lowest BCUT2D eigenvalue weighted by atomic mass is 9.89. The highest BCUT2D eigenvalue weighted by molar-refractivity contribution is 6.28. The second-order valence-electron chi connectivity index (χ2n) is 4.65. The van der Waals surface area contributed by atoms with Gasteiger partial charge in [0.05, 0.1) is 23.7 Å². The largest absolute Gasteiger partial charge is 0.466 e. The number of alkyl halides is 1. The van der Waals surface area contributed by atoms with E-state index in [2.05, 4.69) is 12.2 Å². The van der Waals surface area contributed by atoms with Crippen molar-refractivity contribution in [3.05, 3.63) is 12.2 Å². The molecule has 15 heavy (non-hydrogen) atoms. The van der Waals surface area contributed by atoms with Gasteiger partial charge in [-0.15, -0.1) is 11.6 Å². The van der Waals surface area contributed by atoms with E-state index < -0.39 is 0 Å². The number of halogens is 1. The van der Waals surface area contributed by atoms with Crippen LogP contribution in [0.5, 0.6) is 0 Å². The lowest BCUT2D eigenvalue weighted by Crippen LogP contribution is -2.26. The zero-order valence-corrected chi connectivity index (χ0v) is 9.29. The number of carbonyl (C=O) groups is 1. The summed E-state index contributed by atoms with van der Waals surface area (Å²) in [7, 11) is 0. The van der Waals surface area contributed by atoms with Crippen molar-refractivity contribution in [1.82, 2.24) is 0 Å². The molecule has 0 aromatic rings. The van der Waals surface area contributed by atoms with Gasteiger partial charge in [-0.2, -0.15) is 0 Å². The number of hydrogen-bond donors (Lipinski definition) is 0. The number of rotatable bonds is 3. The van der Waals surface area contributed by atoms with E-state index in [1.165, 1.54) is 6.92 Å². The molecule has 0 spiro atoms. The summed E-state index contributed by atoms with van der Waals surface area (Å²) in [6.07, 6.45) is 6.13. The molecule has 0 unspecified atom stereocenters. The summed E-state index contributed by atoms with van der Waals surface area (Å²) >= 11 is 6.49. The fraction of sp³-hybridized carbons (Fsp3) is 0.727.